The summed E-state index contributed by atoms with van der Waals surface area (Å²) in [6.07, 6.45) is -1.88. The quantitative estimate of drug-likeness (QED) is 0.504. The first-order chi connectivity index (χ1) is 15.3. The Labute approximate surface area is 187 Å². The second-order valence-corrected chi connectivity index (χ2v) is 7.88. The average Bonchev–Trinajstić information content (AvgIpc) is 2.78. The Bertz CT molecular complexity index is 874. The molecule has 9 heteroatoms. The van der Waals surface area contributed by atoms with Crippen molar-refractivity contribution >= 4 is 11.8 Å². The number of pyridine rings is 1. The second-order valence-electron chi connectivity index (χ2n) is 7.88. The predicted octanol–water partition coefficient (Wildman–Crippen LogP) is 3.15. The molecule has 0 amide bonds. The van der Waals surface area contributed by atoms with Gasteiger partial charge in [-0.2, -0.15) is 13.2 Å². The number of hydrogen-bond donors (Lipinski definition) is 2. The van der Waals surface area contributed by atoms with Gasteiger partial charge in [0.05, 0.1) is 12.1 Å². The van der Waals surface area contributed by atoms with Gasteiger partial charge >= 0.3 is 6.18 Å². The van der Waals surface area contributed by atoms with Crippen molar-refractivity contribution in [3.05, 3.63) is 59.3 Å². The van der Waals surface area contributed by atoms with E-state index in [1.165, 1.54) is 12.1 Å². The van der Waals surface area contributed by atoms with Crippen LogP contribution in [0, 0.1) is 0 Å². The zero-order valence-corrected chi connectivity index (χ0v) is 18.6. The number of nitrogens with one attached hydrogen (secondary N) is 2. The molecule has 0 atom stereocenters. The van der Waals surface area contributed by atoms with Crippen LogP contribution in [-0.4, -0.2) is 62.2 Å². The topological polar surface area (TPSA) is 55.8 Å². The molecule has 0 bridgehead atoms. The van der Waals surface area contributed by atoms with Gasteiger partial charge in [-0.25, -0.2) is 9.98 Å². The summed E-state index contributed by atoms with van der Waals surface area (Å²) in [5.74, 6) is 1.66. The molecule has 6 nitrogen and oxygen atoms in total. The van der Waals surface area contributed by atoms with E-state index in [1.54, 1.807) is 0 Å². The Kier molecular flexibility index (Phi) is 8.33. The second kappa shape index (κ2) is 11.2. The van der Waals surface area contributed by atoms with E-state index in [9.17, 15) is 13.2 Å². The number of nitrogens with zero attached hydrogens (tertiary/aromatic N) is 4. The fraction of sp³-hybridized carbons (Fsp3) is 0.478. The maximum absolute atomic E-state index is 12.7. The van der Waals surface area contributed by atoms with Crippen molar-refractivity contribution in [1.82, 2.24) is 20.5 Å². The minimum Gasteiger partial charge on any atom is -0.357 e. The van der Waals surface area contributed by atoms with Crippen molar-refractivity contribution in [2.24, 2.45) is 4.99 Å². The van der Waals surface area contributed by atoms with Gasteiger partial charge in [0.2, 0.25) is 0 Å². The molecule has 0 aliphatic carbocycles. The van der Waals surface area contributed by atoms with E-state index in [0.717, 1.165) is 61.8 Å². The summed E-state index contributed by atoms with van der Waals surface area (Å²) in [7, 11) is 2.13. The molecule has 1 fully saturated rings. The van der Waals surface area contributed by atoms with Crippen LogP contribution in [-0.2, 0) is 19.1 Å². The molecule has 2 heterocycles. The zero-order valence-electron chi connectivity index (χ0n) is 18.6. The Balaban J connectivity index is 1.54. The molecular formula is C23H31F3N6. The van der Waals surface area contributed by atoms with E-state index in [2.05, 4.69) is 43.5 Å². The molecule has 1 aliphatic rings. The van der Waals surface area contributed by atoms with Gasteiger partial charge in [0.25, 0.3) is 0 Å². The summed E-state index contributed by atoms with van der Waals surface area (Å²) in [5, 5.41) is 6.46. The number of anilines is 1. The minimum atomic E-state index is -4.31. The molecule has 3 rings (SSSR count). The van der Waals surface area contributed by atoms with Gasteiger partial charge in [-0.3, -0.25) is 0 Å². The van der Waals surface area contributed by atoms with E-state index in [0.29, 0.717) is 25.5 Å². The highest BCUT2D eigenvalue weighted by atomic mass is 19.4. The lowest BCUT2D eigenvalue weighted by molar-refractivity contribution is -0.137. The molecule has 1 aliphatic heterocycles. The normalized spacial score (nSPS) is 15.7. The number of alkyl halides is 3. The number of guanidine groups is 1. The van der Waals surface area contributed by atoms with E-state index < -0.39 is 11.7 Å². The van der Waals surface area contributed by atoms with Crippen LogP contribution >= 0.6 is 0 Å². The summed E-state index contributed by atoms with van der Waals surface area (Å²) in [6, 6.07) is 9.33. The molecule has 2 N–H and O–H groups in total. The lowest BCUT2D eigenvalue weighted by Gasteiger charge is -2.33. The highest BCUT2D eigenvalue weighted by molar-refractivity contribution is 5.79. The number of likely N-dealkylation sites (N-methyl/N-ethyl adjacent to an activating group) is 1. The maximum Gasteiger partial charge on any atom is 0.416 e. The van der Waals surface area contributed by atoms with Crippen LogP contribution in [0.25, 0.3) is 0 Å². The van der Waals surface area contributed by atoms with Crippen LogP contribution in [0.3, 0.4) is 0 Å². The summed E-state index contributed by atoms with van der Waals surface area (Å²) in [6.45, 7) is 7.77. The molecule has 32 heavy (non-hydrogen) atoms. The monoisotopic (exact) mass is 448 g/mol. The van der Waals surface area contributed by atoms with Gasteiger partial charge in [0.15, 0.2) is 5.96 Å². The van der Waals surface area contributed by atoms with Gasteiger partial charge < -0.3 is 20.4 Å². The third kappa shape index (κ3) is 7.12. The van der Waals surface area contributed by atoms with Crippen LogP contribution in [0.2, 0.25) is 0 Å². The van der Waals surface area contributed by atoms with Gasteiger partial charge in [-0.05, 0) is 55.8 Å². The third-order valence-corrected chi connectivity index (χ3v) is 5.39. The summed E-state index contributed by atoms with van der Waals surface area (Å²) in [4.78, 5) is 13.8. The number of piperazine rings is 1. The Morgan fingerprint density at radius 3 is 2.41 bits per heavy atom. The molecule has 0 unspecified atom stereocenters. The van der Waals surface area contributed by atoms with Crippen LogP contribution in [0.15, 0.2) is 47.6 Å². The Morgan fingerprint density at radius 2 is 1.75 bits per heavy atom. The highest BCUT2D eigenvalue weighted by Gasteiger charge is 2.29. The van der Waals surface area contributed by atoms with Crippen LogP contribution in [0.5, 0.6) is 0 Å². The fourth-order valence-corrected chi connectivity index (χ4v) is 3.47. The Morgan fingerprint density at radius 1 is 1.03 bits per heavy atom. The number of halogens is 3. The third-order valence-electron chi connectivity index (χ3n) is 5.39. The summed E-state index contributed by atoms with van der Waals surface area (Å²) < 4.78 is 38.1. The SMILES string of the molecule is CCNC(=NCc1ccnc(N2CCN(C)CC2)c1)NCCc1ccc(C(F)(F)F)cc1. The van der Waals surface area contributed by atoms with Crippen molar-refractivity contribution in [3.63, 3.8) is 0 Å². The highest BCUT2D eigenvalue weighted by Crippen LogP contribution is 2.29. The maximum atomic E-state index is 12.7. The largest absolute Gasteiger partial charge is 0.416 e. The van der Waals surface area contributed by atoms with Gasteiger partial charge in [0, 0.05) is 45.5 Å². The molecule has 0 spiro atoms. The first-order valence-electron chi connectivity index (χ1n) is 10.9. The number of aromatic nitrogens is 1. The summed E-state index contributed by atoms with van der Waals surface area (Å²) in [5.41, 5.74) is 1.29. The number of benzene rings is 1. The molecule has 0 radical (unpaired) electrons. The van der Waals surface area contributed by atoms with Gasteiger partial charge in [-0.1, -0.05) is 12.1 Å². The first kappa shape index (κ1) is 23.8. The van der Waals surface area contributed by atoms with Crippen molar-refractivity contribution in [2.75, 3.05) is 51.2 Å². The fourth-order valence-electron chi connectivity index (χ4n) is 3.47. The number of hydrogen-bond acceptors (Lipinski definition) is 4. The molecular weight excluding hydrogens is 417 g/mol. The minimum absolute atomic E-state index is 0.513. The Hall–Kier alpha value is -2.81. The van der Waals surface area contributed by atoms with Crippen LogP contribution in [0.4, 0.5) is 19.0 Å². The molecule has 174 valence electrons. The first-order valence-corrected chi connectivity index (χ1v) is 10.9. The smallest absolute Gasteiger partial charge is 0.357 e. The number of aliphatic imine (C=N–C) groups is 1. The van der Waals surface area contributed by atoms with E-state index in [1.807, 2.05) is 19.2 Å². The summed E-state index contributed by atoms with van der Waals surface area (Å²) >= 11 is 0. The predicted molar refractivity (Wildman–Crippen MR) is 122 cm³/mol. The standard InChI is InChI=1S/C23H31F3N6/c1-3-27-22(29-11-8-18-4-6-20(7-5-18)23(24,25)26)30-17-19-9-10-28-21(16-19)32-14-12-31(2)13-15-32/h4-7,9-10,16H,3,8,11-15,17H2,1-2H3,(H2,27,29,30). The average molecular weight is 449 g/mol. The van der Waals surface area contributed by atoms with Gasteiger partial charge in [-0.15, -0.1) is 0 Å². The molecule has 1 saturated heterocycles. The molecule has 0 saturated carbocycles. The van der Waals surface area contributed by atoms with Crippen LogP contribution in [0.1, 0.15) is 23.6 Å². The lowest BCUT2D eigenvalue weighted by Crippen LogP contribution is -2.44. The van der Waals surface area contributed by atoms with Crippen molar-refractivity contribution in [1.29, 1.82) is 0 Å². The van der Waals surface area contributed by atoms with Crippen LogP contribution < -0.4 is 15.5 Å². The van der Waals surface area contributed by atoms with Crippen molar-refractivity contribution < 1.29 is 13.2 Å². The lowest BCUT2D eigenvalue weighted by atomic mass is 10.1. The van der Waals surface area contributed by atoms with Gasteiger partial charge in [0.1, 0.15) is 5.82 Å². The van der Waals surface area contributed by atoms with E-state index in [4.69, 9.17) is 0 Å². The number of rotatable bonds is 7. The van der Waals surface area contributed by atoms with Crippen molar-refractivity contribution in [2.45, 2.75) is 26.1 Å². The molecule has 1 aromatic carbocycles. The van der Waals surface area contributed by atoms with E-state index >= 15 is 0 Å². The van der Waals surface area contributed by atoms with E-state index in [-0.39, 0.29) is 0 Å². The van der Waals surface area contributed by atoms with Crippen molar-refractivity contribution in [3.8, 4) is 0 Å². The molecule has 1 aromatic heterocycles. The zero-order chi connectivity index (χ0) is 23.0. The molecule has 2 aromatic rings.